The Bertz CT molecular complexity index is 1920. The number of hydrogen-bond acceptors (Lipinski definition) is 15. The fourth-order valence-corrected chi connectivity index (χ4v) is 13.6. The second-order valence-electron chi connectivity index (χ2n) is 29.9. The molecule has 0 fully saturated rings. The zero-order valence-electron chi connectivity index (χ0n) is 64.4. The Morgan fingerprint density at radius 2 is 0.490 bits per heavy atom. The van der Waals surface area contributed by atoms with Crippen LogP contribution in [0, 0.1) is 23.7 Å². The van der Waals surface area contributed by atoms with E-state index in [4.69, 9.17) is 37.0 Å². The van der Waals surface area contributed by atoms with Gasteiger partial charge in [0.2, 0.25) is 0 Å². The SMILES string of the molecule is CCC(C)CCCCCCCCCCCCCCCCCCCCC(=O)O[C@H](COC(=O)CCCCCCCCCC(C)C)COP(=O)(O)OCC(O)COP(=O)(O)OC[C@@H](COC(=O)CCCCCCCCC(C)CC)OC(=O)CCCCCCCCCCCCCCCC(C)C. The molecule has 5 unspecified atom stereocenters. The number of carbonyl (C=O) groups excluding carboxylic acids is 4. The molecule has 7 atom stereocenters. The third kappa shape index (κ3) is 69.8. The van der Waals surface area contributed by atoms with Gasteiger partial charge in [0.15, 0.2) is 12.2 Å². The molecule has 0 amide bonds. The maximum absolute atomic E-state index is 13.1. The number of hydrogen-bond donors (Lipinski definition) is 3. The monoisotopic (exact) mass is 1440 g/mol. The van der Waals surface area contributed by atoms with E-state index in [1.807, 2.05) is 0 Å². The molecule has 0 aliphatic heterocycles. The third-order valence-corrected chi connectivity index (χ3v) is 20.9. The molecule has 0 spiro atoms. The van der Waals surface area contributed by atoms with E-state index in [1.54, 1.807) is 0 Å². The molecular weight excluding hydrogens is 1280 g/mol. The molecule has 0 radical (unpaired) electrons. The molecule has 0 saturated carbocycles. The van der Waals surface area contributed by atoms with Crippen molar-refractivity contribution in [2.75, 3.05) is 39.6 Å². The predicted molar refractivity (Wildman–Crippen MR) is 400 cm³/mol. The van der Waals surface area contributed by atoms with E-state index in [2.05, 4.69) is 55.4 Å². The maximum atomic E-state index is 13.1. The van der Waals surface area contributed by atoms with Crippen molar-refractivity contribution >= 4 is 39.5 Å². The van der Waals surface area contributed by atoms with Gasteiger partial charge >= 0.3 is 39.5 Å². The molecule has 17 nitrogen and oxygen atoms in total. The Hall–Kier alpha value is -1.94. The number of aliphatic hydroxyl groups excluding tert-OH is 1. The first-order valence-corrected chi connectivity index (χ1v) is 43.8. The van der Waals surface area contributed by atoms with Crippen LogP contribution in [0.25, 0.3) is 0 Å². The number of phosphoric ester groups is 2. The molecule has 0 rings (SSSR count). The van der Waals surface area contributed by atoms with Crippen LogP contribution < -0.4 is 0 Å². The molecule has 3 N–H and O–H groups in total. The third-order valence-electron chi connectivity index (χ3n) is 19.0. The van der Waals surface area contributed by atoms with Crippen LogP contribution in [-0.2, 0) is 65.4 Å². The first kappa shape index (κ1) is 96.1. The van der Waals surface area contributed by atoms with Crippen LogP contribution in [-0.4, -0.2) is 96.7 Å². The lowest BCUT2D eigenvalue weighted by molar-refractivity contribution is -0.161. The van der Waals surface area contributed by atoms with Crippen LogP contribution in [0.4, 0.5) is 0 Å². The highest BCUT2D eigenvalue weighted by Crippen LogP contribution is 2.45. The summed E-state index contributed by atoms with van der Waals surface area (Å²) in [5.41, 5.74) is 0. The number of esters is 4. The number of carbonyl (C=O) groups is 4. The molecule has 0 heterocycles. The summed E-state index contributed by atoms with van der Waals surface area (Å²) in [6.07, 6.45) is 54.3. The summed E-state index contributed by atoms with van der Waals surface area (Å²) in [6, 6.07) is 0. The standard InChI is InChI=1S/C79H154O17P2/c1-9-71(7)57-49-41-33-27-23-19-15-13-11-12-14-16-20-24-28-34-45-53-61-78(83)95-74(65-89-76(81)59-51-43-36-30-32-40-48-56-70(5)6)67-93-97(85,86)91-63-73(80)64-92-98(87,88)94-68-75(66-90-77(82)60-52-44-38-37-42-50-58-72(8)10-2)96-79(84)62-54-46-35-29-25-21-17-18-22-26-31-39-47-55-69(3)4/h69-75,80H,9-68H2,1-8H3,(H,85,86)(H,87,88)/t71?,72?,73?,74-,75-/m1/s1. The molecule has 0 saturated heterocycles. The van der Waals surface area contributed by atoms with Gasteiger partial charge in [-0.2, -0.15) is 0 Å². The first-order chi connectivity index (χ1) is 47.2. The molecule has 19 heteroatoms. The minimum atomic E-state index is -4.96. The molecule has 0 aromatic heterocycles. The number of aliphatic hydroxyl groups is 1. The summed E-state index contributed by atoms with van der Waals surface area (Å²) in [7, 11) is -9.92. The second kappa shape index (κ2) is 68.2. The van der Waals surface area contributed by atoms with Crippen molar-refractivity contribution in [2.45, 2.75) is 420 Å². The van der Waals surface area contributed by atoms with E-state index in [0.717, 1.165) is 120 Å². The molecular formula is C79H154O17P2. The van der Waals surface area contributed by atoms with Gasteiger partial charge in [-0.15, -0.1) is 0 Å². The highest BCUT2D eigenvalue weighted by molar-refractivity contribution is 7.47. The molecule has 0 aromatic rings. The summed E-state index contributed by atoms with van der Waals surface area (Å²) in [5, 5.41) is 10.6. The first-order valence-electron chi connectivity index (χ1n) is 40.8. The zero-order valence-corrected chi connectivity index (χ0v) is 66.2. The highest BCUT2D eigenvalue weighted by atomic mass is 31.2. The molecule has 0 aliphatic rings. The van der Waals surface area contributed by atoms with Crippen LogP contribution >= 0.6 is 15.6 Å². The van der Waals surface area contributed by atoms with E-state index in [1.165, 1.54) is 193 Å². The van der Waals surface area contributed by atoms with Crippen molar-refractivity contribution in [1.29, 1.82) is 0 Å². The van der Waals surface area contributed by atoms with E-state index in [9.17, 15) is 43.2 Å². The summed E-state index contributed by atoms with van der Waals surface area (Å²) >= 11 is 0. The lowest BCUT2D eigenvalue weighted by Crippen LogP contribution is -2.30. The molecule has 0 aliphatic carbocycles. The lowest BCUT2D eigenvalue weighted by Gasteiger charge is -2.21. The Kier molecular flexibility index (Phi) is 66.8. The predicted octanol–water partition coefficient (Wildman–Crippen LogP) is 23.2. The Balaban J connectivity index is 5.17. The second-order valence-corrected chi connectivity index (χ2v) is 32.8. The van der Waals surface area contributed by atoms with Crippen molar-refractivity contribution in [3.8, 4) is 0 Å². The van der Waals surface area contributed by atoms with Gasteiger partial charge in [0, 0.05) is 25.7 Å². The Morgan fingerprint density at radius 3 is 0.724 bits per heavy atom. The quantitative estimate of drug-likeness (QED) is 0.0222. The van der Waals surface area contributed by atoms with Gasteiger partial charge in [-0.25, -0.2) is 9.13 Å². The van der Waals surface area contributed by atoms with Crippen LogP contribution in [0.15, 0.2) is 0 Å². The van der Waals surface area contributed by atoms with E-state index in [0.29, 0.717) is 31.6 Å². The summed E-state index contributed by atoms with van der Waals surface area (Å²) < 4.78 is 68.6. The number of ether oxygens (including phenoxy) is 4. The number of phosphoric acid groups is 2. The van der Waals surface area contributed by atoms with E-state index < -0.39 is 97.5 Å². The maximum Gasteiger partial charge on any atom is 0.472 e. The normalized spacial score (nSPS) is 14.6. The minimum absolute atomic E-state index is 0.106. The average molecular weight is 1440 g/mol. The molecule has 582 valence electrons. The van der Waals surface area contributed by atoms with Gasteiger partial charge in [0.25, 0.3) is 0 Å². The molecule has 98 heavy (non-hydrogen) atoms. The van der Waals surface area contributed by atoms with Gasteiger partial charge in [-0.1, -0.05) is 351 Å². The van der Waals surface area contributed by atoms with Crippen molar-refractivity contribution in [3.05, 3.63) is 0 Å². The van der Waals surface area contributed by atoms with Crippen molar-refractivity contribution in [3.63, 3.8) is 0 Å². The van der Waals surface area contributed by atoms with E-state index >= 15 is 0 Å². The van der Waals surface area contributed by atoms with Gasteiger partial charge < -0.3 is 33.8 Å². The highest BCUT2D eigenvalue weighted by Gasteiger charge is 2.30. The van der Waals surface area contributed by atoms with Gasteiger partial charge in [0.05, 0.1) is 26.4 Å². The lowest BCUT2D eigenvalue weighted by atomic mass is 9.99. The average Bonchev–Trinajstić information content (AvgIpc) is 0.984. The molecule has 0 aromatic carbocycles. The van der Waals surface area contributed by atoms with Gasteiger partial charge in [0.1, 0.15) is 19.3 Å². The summed E-state index contributed by atoms with van der Waals surface area (Å²) in [6.45, 7) is 14.2. The van der Waals surface area contributed by atoms with Crippen molar-refractivity contribution < 1.29 is 80.2 Å². The Morgan fingerprint density at radius 1 is 0.286 bits per heavy atom. The van der Waals surface area contributed by atoms with Crippen LogP contribution in [0.1, 0.15) is 402 Å². The van der Waals surface area contributed by atoms with E-state index in [-0.39, 0.29) is 25.7 Å². The largest absolute Gasteiger partial charge is 0.472 e. The minimum Gasteiger partial charge on any atom is -0.462 e. The number of rotatable bonds is 76. The van der Waals surface area contributed by atoms with Gasteiger partial charge in [-0.05, 0) is 49.4 Å². The Labute approximate surface area is 600 Å². The van der Waals surface area contributed by atoms with Crippen LogP contribution in [0.3, 0.4) is 0 Å². The fourth-order valence-electron chi connectivity index (χ4n) is 12.0. The van der Waals surface area contributed by atoms with Crippen LogP contribution in [0.5, 0.6) is 0 Å². The fraction of sp³-hybridized carbons (Fsp3) is 0.949. The van der Waals surface area contributed by atoms with Crippen molar-refractivity contribution in [1.82, 2.24) is 0 Å². The van der Waals surface area contributed by atoms with Crippen LogP contribution in [0.2, 0.25) is 0 Å². The smallest absolute Gasteiger partial charge is 0.462 e. The molecule has 0 bridgehead atoms. The zero-order chi connectivity index (χ0) is 72.4. The summed E-state index contributed by atoms with van der Waals surface area (Å²) in [4.78, 5) is 72.9. The van der Waals surface area contributed by atoms with Crippen molar-refractivity contribution in [2.24, 2.45) is 23.7 Å². The topological polar surface area (TPSA) is 237 Å². The number of unbranched alkanes of at least 4 members (excludes halogenated alkanes) is 40. The summed E-state index contributed by atoms with van der Waals surface area (Å²) in [5.74, 6) is 0.973. The van der Waals surface area contributed by atoms with Gasteiger partial charge in [-0.3, -0.25) is 37.3 Å².